The fourth-order valence-corrected chi connectivity index (χ4v) is 4.33. The average molecular weight is 322 g/mol. The maximum absolute atomic E-state index is 5.64. The normalized spacial score (nSPS) is 30.4. The molecule has 1 unspecified atom stereocenters. The summed E-state index contributed by atoms with van der Waals surface area (Å²) >= 11 is 0. The molecule has 0 radical (unpaired) electrons. The number of nitrogens with zero attached hydrogens (tertiary/aromatic N) is 3. The van der Waals surface area contributed by atoms with Crippen LogP contribution in [0.3, 0.4) is 0 Å². The molecule has 23 heavy (non-hydrogen) atoms. The van der Waals surface area contributed by atoms with Crippen LogP contribution < -0.4 is 5.32 Å². The van der Waals surface area contributed by atoms with Crippen molar-refractivity contribution in [2.75, 3.05) is 53.0 Å². The monoisotopic (exact) mass is 322 g/mol. The molecule has 3 aliphatic heterocycles. The van der Waals surface area contributed by atoms with Gasteiger partial charge >= 0.3 is 0 Å². The zero-order valence-corrected chi connectivity index (χ0v) is 15.2. The molecule has 0 bridgehead atoms. The van der Waals surface area contributed by atoms with Gasteiger partial charge in [-0.15, -0.1) is 0 Å². The van der Waals surface area contributed by atoms with Crippen LogP contribution in [0.25, 0.3) is 0 Å². The molecule has 3 saturated heterocycles. The van der Waals surface area contributed by atoms with Gasteiger partial charge in [-0.25, -0.2) is 0 Å². The molecule has 1 N–H and O–H groups in total. The molecule has 3 rings (SSSR count). The SMILES string of the molecule is CN=C(NCC(C)(C)N1CCCCC1)N1CCC2(CCOC2)C1. The Balaban J connectivity index is 1.53. The zero-order chi connectivity index (χ0) is 16.3. The van der Waals surface area contributed by atoms with E-state index in [0.717, 1.165) is 38.8 Å². The van der Waals surface area contributed by atoms with E-state index in [4.69, 9.17) is 4.74 Å². The number of piperidine rings is 1. The van der Waals surface area contributed by atoms with Gasteiger partial charge in [0.2, 0.25) is 0 Å². The first-order chi connectivity index (χ1) is 11.0. The number of likely N-dealkylation sites (tertiary alicyclic amines) is 2. The Morgan fingerprint density at radius 2 is 1.96 bits per heavy atom. The molecule has 1 atom stereocenters. The Labute approximate surface area is 141 Å². The summed E-state index contributed by atoms with van der Waals surface area (Å²) in [6.45, 7) is 12.2. The van der Waals surface area contributed by atoms with Gasteiger partial charge in [-0.2, -0.15) is 0 Å². The molecular formula is C18H34N4O. The Morgan fingerprint density at radius 3 is 2.61 bits per heavy atom. The van der Waals surface area contributed by atoms with E-state index in [9.17, 15) is 0 Å². The second-order valence-corrected chi connectivity index (χ2v) is 8.24. The van der Waals surface area contributed by atoms with Gasteiger partial charge in [-0.3, -0.25) is 9.89 Å². The van der Waals surface area contributed by atoms with Crippen LogP contribution in [0.1, 0.15) is 46.0 Å². The van der Waals surface area contributed by atoms with E-state index in [0.29, 0.717) is 5.41 Å². The van der Waals surface area contributed by atoms with Crippen LogP contribution in [0.4, 0.5) is 0 Å². The van der Waals surface area contributed by atoms with Gasteiger partial charge in [-0.1, -0.05) is 6.42 Å². The summed E-state index contributed by atoms with van der Waals surface area (Å²) in [6, 6.07) is 0. The van der Waals surface area contributed by atoms with Gasteiger partial charge in [0, 0.05) is 44.2 Å². The summed E-state index contributed by atoms with van der Waals surface area (Å²) in [5, 5.41) is 3.65. The minimum atomic E-state index is 0.185. The fourth-order valence-electron chi connectivity index (χ4n) is 4.33. The molecule has 0 aromatic rings. The van der Waals surface area contributed by atoms with Gasteiger partial charge < -0.3 is 15.0 Å². The van der Waals surface area contributed by atoms with E-state index in [1.54, 1.807) is 0 Å². The van der Waals surface area contributed by atoms with E-state index in [1.807, 2.05) is 7.05 Å². The molecule has 0 amide bonds. The molecule has 3 fully saturated rings. The summed E-state index contributed by atoms with van der Waals surface area (Å²) in [6.07, 6.45) is 6.52. The molecule has 132 valence electrons. The van der Waals surface area contributed by atoms with Crippen molar-refractivity contribution in [3.05, 3.63) is 0 Å². The van der Waals surface area contributed by atoms with Crippen LogP contribution in [0.5, 0.6) is 0 Å². The third kappa shape index (κ3) is 3.82. The van der Waals surface area contributed by atoms with Crippen molar-refractivity contribution < 1.29 is 4.74 Å². The first-order valence-corrected chi connectivity index (χ1v) is 9.33. The predicted molar refractivity (Wildman–Crippen MR) is 94.9 cm³/mol. The Hall–Kier alpha value is -0.810. The fraction of sp³-hybridized carbons (Fsp3) is 0.944. The molecular weight excluding hydrogens is 288 g/mol. The number of rotatable bonds is 3. The van der Waals surface area contributed by atoms with Gasteiger partial charge in [-0.05, 0) is 52.6 Å². The second-order valence-electron chi connectivity index (χ2n) is 8.24. The molecule has 3 heterocycles. The highest BCUT2D eigenvalue weighted by Gasteiger charge is 2.42. The third-order valence-corrected chi connectivity index (χ3v) is 6.03. The van der Waals surface area contributed by atoms with Crippen LogP contribution in [-0.4, -0.2) is 74.3 Å². The maximum Gasteiger partial charge on any atom is 0.193 e. The van der Waals surface area contributed by atoms with Crippen LogP contribution in [-0.2, 0) is 4.74 Å². The molecule has 0 aliphatic carbocycles. The summed E-state index contributed by atoms with van der Waals surface area (Å²) < 4.78 is 5.64. The van der Waals surface area contributed by atoms with Crippen LogP contribution in [0, 0.1) is 5.41 Å². The smallest absolute Gasteiger partial charge is 0.193 e. The number of guanidine groups is 1. The molecule has 5 nitrogen and oxygen atoms in total. The maximum atomic E-state index is 5.64. The first kappa shape index (κ1) is 17.0. The van der Waals surface area contributed by atoms with Gasteiger partial charge in [0.1, 0.15) is 0 Å². The molecule has 0 saturated carbocycles. The first-order valence-electron chi connectivity index (χ1n) is 9.33. The third-order valence-electron chi connectivity index (χ3n) is 6.03. The van der Waals surface area contributed by atoms with Crippen LogP contribution in [0.2, 0.25) is 0 Å². The highest BCUT2D eigenvalue weighted by Crippen LogP contribution is 2.38. The van der Waals surface area contributed by atoms with Crippen molar-refractivity contribution in [1.82, 2.24) is 15.1 Å². The van der Waals surface area contributed by atoms with Crippen molar-refractivity contribution in [3.8, 4) is 0 Å². The topological polar surface area (TPSA) is 40.1 Å². The van der Waals surface area contributed by atoms with Gasteiger partial charge in [0.25, 0.3) is 0 Å². The lowest BCUT2D eigenvalue weighted by Gasteiger charge is -2.41. The van der Waals surface area contributed by atoms with Crippen LogP contribution >= 0.6 is 0 Å². The Kier molecular flexibility index (Phi) is 5.16. The molecule has 3 aliphatic rings. The average Bonchev–Trinajstić information content (AvgIpc) is 3.19. The number of ether oxygens (including phenoxy) is 1. The van der Waals surface area contributed by atoms with Crippen LogP contribution in [0.15, 0.2) is 4.99 Å². The largest absolute Gasteiger partial charge is 0.381 e. The zero-order valence-electron chi connectivity index (χ0n) is 15.2. The lowest BCUT2D eigenvalue weighted by molar-refractivity contribution is 0.0976. The summed E-state index contributed by atoms with van der Waals surface area (Å²) in [7, 11) is 1.91. The Bertz CT molecular complexity index is 423. The van der Waals surface area contributed by atoms with Crippen molar-refractivity contribution in [2.45, 2.75) is 51.5 Å². The van der Waals surface area contributed by atoms with Gasteiger partial charge in [0.15, 0.2) is 5.96 Å². The highest BCUT2D eigenvalue weighted by molar-refractivity contribution is 5.80. The summed E-state index contributed by atoms with van der Waals surface area (Å²) in [4.78, 5) is 9.61. The second kappa shape index (κ2) is 6.98. The molecule has 1 spiro atoms. The molecule has 5 heteroatoms. The number of hydrogen-bond acceptors (Lipinski definition) is 3. The number of nitrogens with one attached hydrogen (secondary N) is 1. The van der Waals surface area contributed by atoms with E-state index < -0.39 is 0 Å². The van der Waals surface area contributed by atoms with Crippen molar-refractivity contribution in [3.63, 3.8) is 0 Å². The number of aliphatic imine (C=N–C) groups is 1. The highest BCUT2D eigenvalue weighted by atomic mass is 16.5. The quantitative estimate of drug-likeness (QED) is 0.637. The van der Waals surface area contributed by atoms with E-state index in [-0.39, 0.29) is 5.54 Å². The Morgan fingerprint density at radius 1 is 1.17 bits per heavy atom. The van der Waals surface area contributed by atoms with Crippen molar-refractivity contribution in [2.24, 2.45) is 10.4 Å². The van der Waals surface area contributed by atoms with E-state index in [1.165, 1.54) is 45.2 Å². The minimum absolute atomic E-state index is 0.185. The minimum Gasteiger partial charge on any atom is -0.381 e. The van der Waals surface area contributed by atoms with Gasteiger partial charge in [0.05, 0.1) is 6.61 Å². The number of hydrogen-bond donors (Lipinski definition) is 1. The van der Waals surface area contributed by atoms with Crippen molar-refractivity contribution in [1.29, 1.82) is 0 Å². The lowest BCUT2D eigenvalue weighted by atomic mass is 9.87. The van der Waals surface area contributed by atoms with E-state index in [2.05, 4.69) is 34.0 Å². The lowest BCUT2D eigenvalue weighted by Crippen LogP contribution is -2.55. The summed E-state index contributed by atoms with van der Waals surface area (Å²) in [5.41, 5.74) is 0.574. The van der Waals surface area contributed by atoms with E-state index >= 15 is 0 Å². The molecule has 0 aromatic carbocycles. The predicted octanol–water partition coefficient (Wildman–Crippen LogP) is 1.94. The van der Waals surface area contributed by atoms with Crippen molar-refractivity contribution >= 4 is 5.96 Å². The molecule has 0 aromatic heterocycles. The standard InChI is InChI=1S/C18H34N4O/c1-17(2,22-9-5-4-6-10-22)13-20-16(19-3)21-11-7-18(14-21)8-12-23-15-18/h4-15H2,1-3H3,(H,19,20). The summed E-state index contributed by atoms with van der Waals surface area (Å²) in [5.74, 6) is 1.07.